The van der Waals surface area contributed by atoms with E-state index < -0.39 is 35.4 Å². The van der Waals surface area contributed by atoms with Crippen molar-refractivity contribution in [1.29, 1.82) is 0 Å². The normalized spacial score (nSPS) is 16.9. The quantitative estimate of drug-likeness (QED) is 0.799. The van der Waals surface area contributed by atoms with Crippen LogP contribution in [0.3, 0.4) is 0 Å². The minimum atomic E-state index is -4.48. The topological polar surface area (TPSA) is 70.1 Å². The molecule has 0 aliphatic carbocycles. The van der Waals surface area contributed by atoms with Crippen molar-refractivity contribution in [3.63, 3.8) is 0 Å². The maximum Gasteiger partial charge on any atom is 0.416 e. The highest BCUT2D eigenvalue weighted by Gasteiger charge is 2.34. The molecule has 1 saturated heterocycles. The first-order chi connectivity index (χ1) is 12.4. The lowest BCUT2D eigenvalue weighted by atomic mass is 10.0. The van der Waals surface area contributed by atoms with Crippen LogP contribution in [0.25, 0.3) is 0 Å². The number of ether oxygens (including phenoxy) is 1. The van der Waals surface area contributed by atoms with Gasteiger partial charge in [-0.15, -0.1) is 12.4 Å². The summed E-state index contributed by atoms with van der Waals surface area (Å²) in [6.07, 6.45) is -4.94. The minimum Gasteiger partial charge on any atom is -0.480 e. The molecule has 0 radical (unpaired) electrons. The molecule has 2 rings (SSSR count). The maximum absolute atomic E-state index is 12.7. The average molecular weight is 425 g/mol. The SMILES string of the molecule is CC(C)(C)OC(=O)N1CCN(C(C(=O)O)c2ccc(C(F)(F)F)cc2)CC1.Cl. The fraction of sp³-hybridized carbons (Fsp3) is 0.556. The third-order valence-corrected chi connectivity index (χ3v) is 4.12. The molecule has 28 heavy (non-hydrogen) atoms. The molecule has 1 aromatic carbocycles. The van der Waals surface area contributed by atoms with E-state index in [9.17, 15) is 27.9 Å². The lowest BCUT2D eigenvalue weighted by Gasteiger charge is -2.38. The van der Waals surface area contributed by atoms with Gasteiger partial charge in [-0.1, -0.05) is 12.1 Å². The first kappa shape index (κ1) is 24.0. The highest BCUT2D eigenvalue weighted by atomic mass is 35.5. The van der Waals surface area contributed by atoms with Crippen LogP contribution < -0.4 is 0 Å². The Labute approximate surface area is 167 Å². The molecule has 0 spiro atoms. The van der Waals surface area contributed by atoms with Gasteiger partial charge in [-0.25, -0.2) is 4.79 Å². The van der Waals surface area contributed by atoms with E-state index in [2.05, 4.69) is 0 Å². The van der Waals surface area contributed by atoms with Gasteiger partial charge < -0.3 is 14.7 Å². The molecule has 1 atom stereocenters. The Morgan fingerprint density at radius 3 is 1.93 bits per heavy atom. The number of aliphatic carboxylic acids is 1. The molecule has 0 aromatic heterocycles. The van der Waals surface area contributed by atoms with Gasteiger partial charge in [0, 0.05) is 26.2 Å². The smallest absolute Gasteiger partial charge is 0.416 e. The zero-order chi connectivity index (χ0) is 20.4. The molecule has 0 bridgehead atoms. The second kappa shape index (κ2) is 9.00. The Hall–Kier alpha value is -2.00. The number of hydrogen-bond acceptors (Lipinski definition) is 4. The summed E-state index contributed by atoms with van der Waals surface area (Å²) < 4.78 is 43.4. The molecule has 1 aromatic rings. The van der Waals surface area contributed by atoms with Crippen LogP contribution >= 0.6 is 12.4 Å². The number of amides is 1. The van der Waals surface area contributed by atoms with Crippen molar-refractivity contribution in [2.24, 2.45) is 0 Å². The first-order valence-electron chi connectivity index (χ1n) is 8.50. The van der Waals surface area contributed by atoms with Crippen LogP contribution in [0.2, 0.25) is 0 Å². The van der Waals surface area contributed by atoms with Crippen LogP contribution in [0.1, 0.15) is 37.9 Å². The van der Waals surface area contributed by atoms with E-state index in [0.29, 0.717) is 0 Å². The molecule has 1 heterocycles. The summed E-state index contributed by atoms with van der Waals surface area (Å²) in [6, 6.07) is 3.04. The molecular weight excluding hydrogens is 401 g/mol. The summed E-state index contributed by atoms with van der Waals surface area (Å²) in [5, 5.41) is 9.57. The van der Waals surface area contributed by atoms with Crippen molar-refractivity contribution in [2.75, 3.05) is 26.2 Å². The fourth-order valence-electron chi connectivity index (χ4n) is 2.85. The molecule has 10 heteroatoms. The van der Waals surface area contributed by atoms with Crippen LogP contribution in [0, 0.1) is 0 Å². The van der Waals surface area contributed by atoms with Crippen molar-refractivity contribution >= 4 is 24.5 Å². The fourth-order valence-corrected chi connectivity index (χ4v) is 2.85. The first-order valence-corrected chi connectivity index (χ1v) is 8.50. The molecule has 158 valence electrons. The van der Waals surface area contributed by atoms with Gasteiger partial charge in [0.05, 0.1) is 5.56 Å². The predicted octanol–water partition coefficient (Wildman–Crippen LogP) is 3.81. The summed E-state index contributed by atoms with van der Waals surface area (Å²) in [6.45, 7) is 6.37. The van der Waals surface area contributed by atoms with E-state index in [0.717, 1.165) is 12.1 Å². The number of hydrogen-bond donors (Lipinski definition) is 1. The molecule has 1 aliphatic rings. The predicted molar refractivity (Wildman–Crippen MR) is 98.4 cm³/mol. The Balaban J connectivity index is 0.00000392. The van der Waals surface area contributed by atoms with Gasteiger partial charge in [-0.05, 0) is 38.5 Å². The number of rotatable bonds is 3. The molecule has 1 amide bonds. The second-order valence-electron chi connectivity index (χ2n) is 7.36. The van der Waals surface area contributed by atoms with Crippen LogP contribution in [0.15, 0.2) is 24.3 Å². The monoisotopic (exact) mass is 424 g/mol. The molecular formula is C18H24ClF3N2O4. The zero-order valence-corrected chi connectivity index (χ0v) is 16.6. The lowest BCUT2D eigenvalue weighted by molar-refractivity contribution is -0.144. The summed E-state index contributed by atoms with van der Waals surface area (Å²) in [4.78, 5) is 26.9. The van der Waals surface area contributed by atoms with Gasteiger partial charge in [-0.3, -0.25) is 9.69 Å². The molecule has 1 aliphatic heterocycles. The standard InChI is InChI=1S/C18H23F3N2O4.ClH/c1-17(2,3)27-16(26)23-10-8-22(9-11-23)14(15(24)25)12-4-6-13(7-5-12)18(19,20)21;/h4-7,14H,8-11H2,1-3H3,(H,24,25);1H. The van der Waals surface area contributed by atoms with E-state index in [1.165, 1.54) is 17.0 Å². The van der Waals surface area contributed by atoms with Crippen molar-refractivity contribution in [1.82, 2.24) is 9.80 Å². The number of alkyl halides is 3. The van der Waals surface area contributed by atoms with E-state index >= 15 is 0 Å². The third-order valence-electron chi connectivity index (χ3n) is 4.12. The molecule has 1 fully saturated rings. The number of carboxylic acids is 1. The molecule has 1 unspecified atom stereocenters. The Kier molecular flexibility index (Phi) is 7.73. The summed E-state index contributed by atoms with van der Waals surface area (Å²) in [5.41, 5.74) is -1.19. The number of carbonyl (C=O) groups excluding carboxylic acids is 1. The summed E-state index contributed by atoms with van der Waals surface area (Å²) in [5.74, 6) is -1.15. The zero-order valence-electron chi connectivity index (χ0n) is 15.8. The highest BCUT2D eigenvalue weighted by Crippen LogP contribution is 2.31. The van der Waals surface area contributed by atoms with Crippen molar-refractivity contribution in [2.45, 2.75) is 38.6 Å². The van der Waals surface area contributed by atoms with Crippen molar-refractivity contribution < 1.29 is 32.6 Å². The minimum absolute atomic E-state index is 0. The summed E-state index contributed by atoms with van der Waals surface area (Å²) in [7, 11) is 0. The molecule has 6 nitrogen and oxygen atoms in total. The van der Waals surface area contributed by atoms with Gasteiger partial charge in [0.25, 0.3) is 0 Å². The average Bonchev–Trinajstić information content (AvgIpc) is 2.53. The van der Waals surface area contributed by atoms with E-state index in [1.807, 2.05) is 0 Å². The Morgan fingerprint density at radius 1 is 1.04 bits per heavy atom. The number of halogens is 4. The summed E-state index contributed by atoms with van der Waals surface area (Å²) >= 11 is 0. The number of piperazine rings is 1. The van der Waals surface area contributed by atoms with Gasteiger partial charge >= 0.3 is 18.2 Å². The van der Waals surface area contributed by atoms with Crippen LogP contribution in [-0.4, -0.2) is 58.7 Å². The third kappa shape index (κ3) is 6.27. The molecule has 0 saturated carbocycles. The van der Waals surface area contributed by atoms with Crippen molar-refractivity contribution in [3.8, 4) is 0 Å². The van der Waals surface area contributed by atoms with Crippen LogP contribution in [0.5, 0.6) is 0 Å². The Morgan fingerprint density at radius 2 is 1.54 bits per heavy atom. The Bertz CT molecular complexity index is 682. The largest absolute Gasteiger partial charge is 0.480 e. The van der Waals surface area contributed by atoms with Gasteiger partial charge in [0.2, 0.25) is 0 Å². The van der Waals surface area contributed by atoms with Gasteiger partial charge in [0.1, 0.15) is 11.6 Å². The lowest BCUT2D eigenvalue weighted by Crippen LogP contribution is -2.52. The van der Waals surface area contributed by atoms with Crippen LogP contribution in [0.4, 0.5) is 18.0 Å². The van der Waals surface area contributed by atoms with E-state index in [1.54, 1.807) is 25.7 Å². The van der Waals surface area contributed by atoms with E-state index in [-0.39, 0.29) is 44.1 Å². The van der Waals surface area contributed by atoms with Crippen LogP contribution in [-0.2, 0) is 15.7 Å². The second-order valence-corrected chi connectivity index (χ2v) is 7.36. The highest BCUT2D eigenvalue weighted by molar-refractivity contribution is 5.85. The van der Waals surface area contributed by atoms with Gasteiger partial charge in [-0.2, -0.15) is 13.2 Å². The number of carboxylic acid groups (broad SMARTS) is 1. The van der Waals surface area contributed by atoms with Crippen molar-refractivity contribution in [3.05, 3.63) is 35.4 Å². The molecule has 1 N–H and O–H groups in total. The number of benzene rings is 1. The van der Waals surface area contributed by atoms with E-state index in [4.69, 9.17) is 4.74 Å². The maximum atomic E-state index is 12.7. The number of nitrogens with zero attached hydrogens (tertiary/aromatic N) is 2. The number of carbonyl (C=O) groups is 2. The van der Waals surface area contributed by atoms with Gasteiger partial charge in [0.15, 0.2) is 0 Å².